The van der Waals surface area contributed by atoms with Crippen molar-refractivity contribution in [3.63, 3.8) is 0 Å². The van der Waals surface area contributed by atoms with Crippen LogP contribution in [0.4, 0.5) is 17.6 Å². The lowest BCUT2D eigenvalue weighted by Crippen LogP contribution is -2.53. The lowest BCUT2D eigenvalue weighted by atomic mass is 9.86. The third kappa shape index (κ3) is 9.37. The van der Waals surface area contributed by atoms with Crippen LogP contribution in [0.25, 0.3) is 0 Å². The number of likely N-dealkylation sites (tertiary alicyclic amines) is 2. The maximum absolute atomic E-state index is 13.8. The largest absolute Gasteiger partial charge is 0.402 e. The first-order valence-corrected chi connectivity index (χ1v) is 16.9. The molecule has 2 aliphatic rings. The lowest BCUT2D eigenvalue weighted by molar-refractivity contribution is -0.218. The maximum atomic E-state index is 13.8. The predicted octanol–water partition coefficient (Wildman–Crippen LogP) is 7.18. The molecule has 4 rings (SSSR count). The number of carbonyl (C=O) groups is 2. The van der Waals surface area contributed by atoms with Crippen molar-refractivity contribution in [3.8, 4) is 0 Å². The van der Waals surface area contributed by atoms with Crippen LogP contribution in [0.5, 0.6) is 0 Å². The second-order valence-corrected chi connectivity index (χ2v) is 16.0. The molecule has 2 amide bonds. The molecule has 0 unspecified atom stereocenters. The number of carbonyl (C=O) groups excluding carboxylic acids is 2. The highest BCUT2D eigenvalue weighted by Crippen LogP contribution is 2.40. The zero-order valence-corrected chi connectivity index (χ0v) is 30.0. The third-order valence-corrected chi connectivity index (χ3v) is 9.67. The van der Waals surface area contributed by atoms with Gasteiger partial charge < -0.3 is 9.80 Å². The minimum Gasteiger partial charge on any atom is -0.342 e. The third-order valence-electron chi connectivity index (χ3n) is 9.67. The van der Waals surface area contributed by atoms with Gasteiger partial charge in [-0.2, -0.15) is 23.4 Å². The highest BCUT2D eigenvalue weighted by molar-refractivity contribution is 5.84. The minimum atomic E-state index is -4.54. The van der Waals surface area contributed by atoms with Crippen LogP contribution >= 0.6 is 0 Å². The summed E-state index contributed by atoms with van der Waals surface area (Å²) in [5.41, 5.74) is -2.09. The maximum Gasteiger partial charge on any atom is 0.402 e. The Bertz CT molecular complexity index is 1340. The van der Waals surface area contributed by atoms with E-state index in [1.165, 1.54) is 24.3 Å². The molecule has 2 aromatic heterocycles. The number of rotatable bonds is 8. The van der Waals surface area contributed by atoms with E-state index in [4.69, 9.17) is 0 Å². The number of hydrogen-bond acceptors (Lipinski definition) is 4. The van der Waals surface area contributed by atoms with Crippen LogP contribution in [0, 0.1) is 17.3 Å². The molecule has 0 radical (unpaired) electrons. The van der Waals surface area contributed by atoms with Crippen molar-refractivity contribution in [1.29, 1.82) is 0 Å². The predicted molar refractivity (Wildman–Crippen MR) is 175 cm³/mol. The van der Waals surface area contributed by atoms with Gasteiger partial charge in [0, 0.05) is 38.6 Å². The summed E-state index contributed by atoms with van der Waals surface area (Å²) < 4.78 is 57.1. The van der Waals surface area contributed by atoms with Gasteiger partial charge in [0.05, 0.1) is 23.5 Å². The van der Waals surface area contributed by atoms with Gasteiger partial charge in [-0.1, -0.05) is 27.7 Å². The molecule has 0 aromatic carbocycles. The van der Waals surface area contributed by atoms with E-state index in [1.54, 1.807) is 4.90 Å². The zero-order valence-electron chi connectivity index (χ0n) is 30.0. The van der Waals surface area contributed by atoms with Crippen LogP contribution in [-0.4, -0.2) is 79.2 Å². The summed E-state index contributed by atoms with van der Waals surface area (Å²) >= 11 is 0. The molecule has 0 N–H and O–H groups in total. The number of amides is 2. The number of halogens is 4. The van der Waals surface area contributed by atoms with Crippen LogP contribution in [0.15, 0.2) is 24.8 Å². The molecule has 12 heteroatoms. The molecule has 0 aliphatic carbocycles. The molecule has 2 aromatic rings. The monoisotopic (exact) mass is 668 g/mol. The Morgan fingerprint density at radius 3 is 1.34 bits per heavy atom. The smallest absolute Gasteiger partial charge is 0.342 e. The van der Waals surface area contributed by atoms with E-state index in [9.17, 15) is 27.2 Å². The Labute approximate surface area is 278 Å². The van der Waals surface area contributed by atoms with Crippen LogP contribution in [0.2, 0.25) is 0 Å². The first-order chi connectivity index (χ1) is 21.5. The van der Waals surface area contributed by atoms with E-state index in [0.29, 0.717) is 50.9 Å². The van der Waals surface area contributed by atoms with Crippen molar-refractivity contribution in [2.75, 3.05) is 26.2 Å². The fraction of sp³-hybridized carbons (Fsp3) is 0.771. The highest BCUT2D eigenvalue weighted by atomic mass is 19.4. The standard InChI is InChI=1S/C18H28F3N3O.C17H28FN3O/c1-13(2)10-14-11-22-24(12-14)17(5)6-8-23(9-7-17)15(25)16(3,4)18(19,20)21;1-13(2)10-14-11-19-21(12-14)17(5)6-8-20(9-7-17)15(22)16(3,4)18/h11-13H,6-10H2,1-5H3;11-13H,6-10H2,1-5H3. The molecule has 2 fully saturated rings. The van der Waals surface area contributed by atoms with Gasteiger partial charge in [0.25, 0.3) is 5.91 Å². The van der Waals surface area contributed by atoms with E-state index >= 15 is 0 Å². The van der Waals surface area contributed by atoms with Gasteiger partial charge in [-0.05, 0) is 103 Å². The second-order valence-electron chi connectivity index (χ2n) is 16.0. The first kappa shape index (κ1) is 38.5. The molecule has 8 nitrogen and oxygen atoms in total. The SMILES string of the molecule is CC(C)Cc1cnn(C2(C)CCN(C(=O)C(C)(C)C(F)(F)F)CC2)c1.CC(C)Cc1cnn(C2(C)CCN(C(=O)C(C)(C)F)CC2)c1. The van der Waals surface area contributed by atoms with E-state index < -0.39 is 29.1 Å². The van der Waals surface area contributed by atoms with E-state index in [0.717, 1.165) is 45.1 Å². The molecule has 2 aliphatic heterocycles. The van der Waals surface area contributed by atoms with Crippen molar-refractivity contribution < 1.29 is 27.2 Å². The fourth-order valence-corrected chi connectivity index (χ4v) is 6.20. The Balaban J connectivity index is 0.000000257. The average molecular weight is 669 g/mol. The van der Waals surface area contributed by atoms with Crippen molar-refractivity contribution in [1.82, 2.24) is 29.4 Å². The normalized spacial score (nSPS) is 18.7. The molecule has 0 saturated carbocycles. The van der Waals surface area contributed by atoms with E-state index in [-0.39, 0.29) is 11.1 Å². The lowest BCUT2D eigenvalue weighted by Gasteiger charge is -2.42. The highest BCUT2D eigenvalue weighted by Gasteiger charge is 2.55. The quantitative estimate of drug-likeness (QED) is 0.280. The summed E-state index contributed by atoms with van der Waals surface area (Å²) in [5, 5.41) is 8.98. The van der Waals surface area contributed by atoms with Gasteiger partial charge in [0.1, 0.15) is 5.41 Å². The molecule has 4 heterocycles. The molecular formula is C35H56F4N6O2. The molecule has 0 spiro atoms. The second kappa shape index (κ2) is 14.3. The van der Waals surface area contributed by atoms with Crippen LogP contribution in [0.1, 0.15) is 106 Å². The topological polar surface area (TPSA) is 76.3 Å². The van der Waals surface area contributed by atoms with E-state index in [1.807, 2.05) is 28.0 Å². The van der Waals surface area contributed by atoms with E-state index in [2.05, 4.69) is 57.9 Å². The number of alkyl halides is 4. The molecule has 266 valence electrons. The van der Waals surface area contributed by atoms with Gasteiger partial charge in [0.2, 0.25) is 5.91 Å². The van der Waals surface area contributed by atoms with Gasteiger partial charge in [-0.25, -0.2) is 4.39 Å². The first-order valence-electron chi connectivity index (χ1n) is 16.9. The van der Waals surface area contributed by atoms with Crippen molar-refractivity contribution in [2.24, 2.45) is 17.3 Å². The van der Waals surface area contributed by atoms with Crippen molar-refractivity contribution in [3.05, 3.63) is 35.9 Å². The summed E-state index contributed by atoms with van der Waals surface area (Å²) in [6.07, 6.45) is 8.16. The molecular weight excluding hydrogens is 612 g/mol. The van der Waals surface area contributed by atoms with Crippen molar-refractivity contribution in [2.45, 2.75) is 131 Å². The Kier molecular flexibility index (Phi) is 11.7. The van der Waals surface area contributed by atoms with Crippen LogP contribution in [-0.2, 0) is 33.5 Å². The number of piperidine rings is 2. The van der Waals surface area contributed by atoms with Gasteiger partial charge in [0.15, 0.2) is 5.67 Å². The Hall–Kier alpha value is -2.92. The molecule has 47 heavy (non-hydrogen) atoms. The summed E-state index contributed by atoms with van der Waals surface area (Å²) in [4.78, 5) is 27.3. The van der Waals surface area contributed by atoms with Crippen LogP contribution in [0.3, 0.4) is 0 Å². The molecule has 0 bridgehead atoms. The summed E-state index contributed by atoms with van der Waals surface area (Å²) in [7, 11) is 0. The van der Waals surface area contributed by atoms with Gasteiger partial charge in [-0.15, -0.1) is 0 Å². The Morgan fingerprint density at radius 1 is 0.702 bits per heavy atom. The van der Waals surface area contributed by atoms with Crippen molar-refractivity contribution >= 4 is 11.8 Å². The van der Waals surface area contributed by atoms with Crippen LogP contribution < -0.4 is 0 Å². The zero-order chi connectivity index (χ0) is 35.6. The van der Waals surface area contributed by atoms with Gasteiger partial charge in [-0.3, -0.25) is 19.0 Å². The summed E-state index contributed by atoms with van der Waals surface area (Å²) in [6, 6.07) is 0. The fourth-order valence-electron chi connectivity index (χ4n) is 6.20. The summed E-state index contributed by atoms with van der Waals surface area (Å²) in [6.45, 7) is 19.3. The molecule has 0 atom stereocenters. The number of aromatic nitrogens is 4. The molecule has 2 saturated heterocycles. The summed E-state index contributed by atoms with van der Waals surface area (Å²) in [5.74, 6) is -0.107. The Morgan fingerprint density at radius 2 is 1.04 bits per heavy atom. The van der Waals surface area contributed by atoms with Gasteiger partial charge >= 0.3 is 6.18 Å². The average Bonchev–Trinajstić information content (AvgIpc) is 3.62. The minimum absolute atomic E-state index is 0.0908. The number of nitrogens with zero attached hydrogens (tertiary/aromatic N) is 6. The number of hydrogen-bond donors (Lipinski definition) is 0.